The molecular weight excluding hydrogens is 217 g/mol. The van der Waals surface area contributed by atoms with E-state index in [9.17, 15) is 9.18 Å². The standard InChI is InChI=1S/C14H18FNO/c15-8-6-14-10-13(7-9-16(14)11-17)12-4-2-1-3-5-12/h1-5,11,13-14H,6-10H2. The van der Waals surface area contributed by atoms with Crippen LogP contribution >= 0.6 is 0 Å². The number of nitrogens with zero attached hydrogens (tertiary/aromatic N) is 1. The molecule has 0 aromatic heterocycles. The van der Waals surface area contributed by atoms with E-state index in [-0.39, 0.29) is 12.7 Å². The van der Waals surface area contributed by atoms with Crippen LogP contribution in [0.25, 0.3) is 0 Å². The molecule has 0 N–H and O–H groups in total. The number of halogens is 1. The fourth-order valence-electron chi connectivity index (χ4n) is 2.65. The summed E-state index contributed by atoms with van der Waals surface area (Å²) in [5.74, 6) is 0.462. The first kappa shape index (κ1) is 12.1. The lowest BCUT2D eigenvalue weighted by Gasteiger charge is -2.37. The molecule has 0 spiro atoms. The fourth-order valence-corrected chi connectivity index (χ4v) is 2.65. The van der Waals surface area contributed by atoms with Crippen molar-refractivity contribution >= 4 is 6.41 Å². The van der Waals surface area contributed by atoms with Crippen LogP contribution in [0.5, 0.6) is 0 Å². The van der Waals surface area contributed by atoms with Crippen LogP contribution in [0, 0.1) is 0 Å². The van der Waals surface area contributed by atoms with Gasteiger partial charge in [0.1, 0.15) is 0 Å². The largest absolute Gasteiger partial charge is 0.342 e. The highest BCUT2D eigenvalue weighted by atomic mass is 19.1. The molecule has 17 heavy (non-hydrogen) atoms. The Balaban J connectivity index is 2.06. The maximum atomic E-state index is 12.5. The first-order valence-corrected chi connectivity index (χ1v) is 6.17. The van der Waals surface area contributed by atoms with Crippen LogP contribution in [-0.2, 0) is 4.79 Å². The van der Waals surface area contributed by atoms with E-state index in [4.69, 9.17) is 0 Å². The van der Waals surface area contributed by atoms with Gasteiger partial charge in [0.15, 0.2) is 0 Å². The van der Waals surface area contributed by atoms with E-state index in [1.54, 1.807) is 4.90 Å². The van der Waals surface area contributed by atoms with E-state index in [1.165, 1.54) is 5.56 Å². The second-order valence-corrected chi connectivity index (χ2v) is 4.61. The maximum absolute atomic E-state index is 12.5. The van der Waals surface area contributed by atoms with Crippen molar-refractivity contribution in [1.29, 1.82) is 0 Å². The third kappa shape index (κ3) is 2.84. The highest BCUT2D eigenvalue weighted by Gasteiger charge is 2.27. The van der Waals surface area contributed by atoms with Gasteiger partial charge in [-0.15, -0.1) is 0 Å². The van der Waals surface area contributed by atoms with Crippen LogP contribution in [0.15, 0.2) is 30.3 Å². The van der Waals surface area contributed by atoms with Gasteiger partial charge in [0.25, 0.3) is 0 Å². The predicted molar refractivity (Wildman–Crippen MR) is 65.6 cm³/mol. The van der Waals surface area contributed by atoms with Gasteiger partial charge in [-0.2, -0.15) is 0 Å². The van der Waals surface area contributed by atoms with Crippen molar-refractivity contribution in [3.63, 3.8) is 0 Å². The minimum absolute atomic E-state index is 0.0662. The van der Waals surface area contributed by atoms with Crippen LogP contribution in [0.3, 0.4) is 0 Å². The van der Waals surface area contributed by atoms with Crippen LogP contribution in [-0.4, -0.2) is 30.6 Å². The molecule has 1 fully saturated rings. The van der Waals surface area contributed by atoms with Crippen molar-refractivity contribution in [2.24, 2.45) is 0 Å². The van der Waals surface area contributed by atoms with Crippen molar-refractivity contribution in [3.8, 4) is 0 Å². The monoisotopic (exact) mass is 235 g/mol. The van der Waals surface area contributed by atoms with Crippen molar-refractivity contribution in [3.05, 3.63) is 35.9 Å². The number of likely N-dealkylation sites (tertiary alicyclic amines) is 1. The summed E-state index contributed by atoms with van der Waals surface area (Å²) < 4.78 is 12.5. The average molecular weight is 235 g/mol. The quantitative estimate of drug-likeness (QED) is 0.735. The van der Waals surface area contributed by atoms with Gasteiger partial charge in [0.05, 0.1) is 6.67 Å². The number of carbonyl (C=O) groups excluding carboxylic acids is 1. The van der Waals surface area contributed by atoms with Gasteiger partial charge in [0, 0.05) is 12.6 Å². The second kappa shape index (κ2) is 5.80. The summed E-state index contributed by atoms with van der Waals surface area (Å²) >= 11 is 0. The van der Waals surface area contributed by atoms with Gasteiger partial charge in [-0.25, -0.2) is 0 Å². The third-order valence-corrected chi connectivity index (χ3v) is 3.61. The zero-order valence-electron chi connectivity index (χ0n) is 9.89. The zero-order chi connectivity index (χ0) is 12.1. The molecule has 2 atom stereocenters. The Morgan fingerprint density at radius 1 is 1.35 bits per heavy atom. The number of amides is 1. The van der Waals surface area contributed by atoms with Gasteiger partial charge in [-0.3, -0.25) is 9.18 Å². The van der Waals surface area contributed by atoms with Crippen molar-refractivity contribution in [1.82, 2.24) is 4.90 Å². The molecule has 1 aromatic rings. The Hall–Kier alpha value is -1.38. The number of benzene rings is 1. The van der Waals surface area contributed by atoms with E-state index >= 15 is 0 Å². The van der Waals surface area contributed by atoms with Gasteiger partial charge in [-0.05, 0) is 30.7 Å². The van der Waals surface area contributed by atoms with E-state index < -0.39 is 0 Å². The Morgan fingerprint density at radius 3 is 2.76 bits per heavy atom. The first-order chi connectivity index (χ1) is 8.35. The molecule has 0 radical (unpaired) electrons. The smallest absolute Gasteiger partial charge is 0.209 e. The van der Waals surface area contributed by atoms with Crippen LogP contribution in [0.4, 0.5) is 4.39 Å². The highest BCUT2D eigenvalue weighted by Crippen LogP contribution is 2.32. The summed E-state index contributed by atoms with van der Waals surface area (Å²) in [6, 6.07) is 10.4. The van der Waals surface area contributed by atoms with Gasteiger partial charge in [-0.1, -0.05) is 30.3 Å². The topological polar surface area (TPSA) is 20.3 Å². The van der Waals surface area contributed by atoms with Gasteiger partial charge < -0.3 is 4.90 Å². The number of rotatable bonds is 4. The SMILES string of the molecule is O=CN1CCC(c2ccccc2)CC1CCF. The number of piperidine rings is 1. The molecule has 0 bridgehead atoms. The normalized spacial score (nSPS) is 24.6. The zero-order valence-corrected chi connectivity index (χ0v) is 9.89. The summed E-state index contributed by atoms with van der Waals surface area (Å²) in [6.07, 6.45) is 3.18. The van der Waals surface area contributed by atoms with Crippen molar-refractivity contribution in [2.45, 2.75) is 31.2 Å². The molecule has 1 amide bonds. The Morgan fingerprint density at radius 2 is 2.12 bits per heavy atom. The van der Waals surface area contributed by atoms with E-state index in [2.05, 4.69) is 12.1 Å². The fraction of sp³-hybridized carbons (Fsp3) is 0.500. The predicted octanol–water partition coefficient (Wildman–Crippen LogP) is 2.75. The Labute approximate surface area is 101 Å². The van der Waals surface area contributed by atoms with E-state index in [0.29, 0.717) is 12.3 Å². The number of alkyl halides is 1. The molecule has 2 rings (SSSR count). The number of hydrogen-bond donors (Lipinski definition) is 0. The van der Waals surface area contributed by atoms with Gasteiger partial charge >= 0.3 is 0 Å². The first-order valence-electron chi connectivity index (χ1n) is 6.17. The Kier molecular flexibility index (Phi) is 4.13. The lowest BCUT2D eigenvalue weighted by molar-refractivity contribution is -0.121. The molecule has 92 valence electrons. The van der Waals surface area contributed by atoms with Crippen molar-refractivity contribution in [2.75, 3.05) is 13.2 Å². The second-order valence-electron chi connectivity index (χ2n) is 4.61. The van der Waals surface area contributed by atoms with E-state index in [0.717, 1.165) is 25.8 Å². The molecule has 1 aromatic carbocycles. The number of hydrogen-bond acceptors (Lipinski definition) is 1. The summed E-state index contributed by atoms with van der Waals surface area (Å²) in [6.45, 7) is 0.393. The summed E-state index contributed by atoms with van der Waals surface area (Å²) in [7, 11) is 0. The van der Waals surface area contributed by atoms with Crippen LogP contribution in [0.1, 0.15) is 30.7 Å². The molecule has 1 saturated heterocycles. The lowest BCUT2D eigenvalue weighted by Crippen LogP contribution is -2.41. The highest BCUT2D eigenvalue weighted by molar-refractivity contribution is 5.48. The summed E-state index contributed by atoms with van der Waals surface area (Å²) in [5.41, 5.74) is 1.31. The summed E-state index contributed by atoms with van der Waals surface area (Å²) in [5, 5.41) is 0. The third-order valence-electron chi connectivity index (χ3n) is 3.61. The van der Waals surface area contributed by atoms with Crippen LogP contribution in [0.2, 0.25) is 0 Å². The molecule has 3 heteroatoms. The molecule has 2 unspecified atom stereocenters. The van der Waals surface area contributed by atoms with Crippen LogP contribution < -0.4 is 0 Å². The average Bonchev–Trinajstić information content (AvgIpc) is 2.40. The molecule has 2 nitrogen and oxygen atoms in total. The summed E-state index contributed by atoms with van der Waals surface area (Å²) in [4.78, 5) is 12.6. The molecular formula is C14H18FNO. The molecule has 1 aliphatic rings. The Bertz CT molecular complexity index is 354. The minimum Gasteiger partial charge on any atom is -0.342 e. The lowest BCUT2D eigenvalue weighted by atomic mass is 9.84. The number of carbonyl (C=O) groups is 1. The maximum Gasteiger partial charge on any atom is 0.209 e. The van der Waals surface area contributed by atoms with Gasteiger partial charge in [0.2, 0.25) is 6.41 Å². The molecule has 0 aliphatic carbocycles. The minimum atomic E-state index is -0.351. The molecule has 1 aliphatic heterocycles. The molecule has 0 saturated carbocycles. The van der Waals surface area contributed by atoms with Crippen molar-refractivity contribution < 1.29 is 9.18 Å². The van der Waals surface area contributed by atoms with E-state index in [1.807, 2.05) is 18.2 Å². The molecule has 1 heterocycles.